The summed E-state index contributed by atoms with van der Waals surface area (Å²) < 4.78 is 0. The second-order valence-corrected chi connectivity index (χ2v) is 5.16. The van der Waals surface area contributed by atoms with E-state index in [1.54, 1.807) is 0 Å². The Balaban J connectivity index is 3.94. The Labute approximate surface area is 100 Å². The number of aliphatic hydroxyl groups excluding tert-OH is 2. The van der Waals surface area contributed by atoms with Gasteiger partial charge in [-0.1, -0.05) is 45.3 Å². The summed E-state index contributed by atoms with van der Waals surface area (Å²) in [6, 6.07) is 0. The van der Waals surface area contributed by atoms with Crippen LogP contribution in [0.25, 0.3) is 0 Å². The molecule has 3 atom stereocenters. The lowest BCUT2D eigenvalue weighted by Crippen LogP contribution is -2.12. The lowest BCUT2D eigenvalue weighted by atomic mass is 9.94. The smallest absolute Gasteiger partial charge is 0.0579 e. The maximum Gasteiger partial charge on any atom is 0.0579 e. The minimum atomic E-state index is -0.233. The van der Waals surface area contributed by atoms with Crippen LogP contribution in [0.4, 0.5) is 0 Å². The number of hydrogen-bond donors (Lipinski definition) is 2. The van der Waals surface area contributed by atoms with Crippen molar-refractivity contribution in [2.75, 3.05) is 6.61 Å². The van der Waals surface area contributed by atoms with Crippen LogP contribution in [0.3, 0.4) is 0 Å². The second-order valence-electron chi connectivity index (χ2n) is 5.16. The maximum absolute atomic E-state index is 9.90. The summed E-state index contributed by atoms with van der Waals surface area (Å²) in [4.78, 5) is 0. The third kappa shape index (κ3) is 7.89. The zero-order chi connectivity index (χ0) is 12.6. The minimum Gasteiger partial charge on any atom is -0.396 e. The van der Waals surface area contributed by atoms with E-state index in [0.717, 1.165) is 12.8 Å². The molecule has 16 heavy (non-hydrogen) atoms. The van der Waals surface area contributed by atoms with Crippen molar-refractivity contribution < 1.29 is 10.2 Å². The first-order chi connectivity index (χ1) is 7.49. The highest BCUT2D eigenvalue weighted by molar-refractivity contribution is 5.01. The van der Waals surface area contributed by atoms with E-state index >= 15 is 0 Å². The van der Waals surface area contributed by atoms with Gasteiger partial charge < -0.3 is 10.2 Å². The molecule has 0 saturated carbocycles. The normalized spacial score (nSPS) is 18.2. The summed E-state index contributed by atoms with van der Waals surface area (Å²) in [5.41, 5.74) is 1.18. The van der Waals surface area contributed by atoms with E-state index in [1.165, 1.54) is 18.4 Å². The van der Waals surface area contributed by atoms with Crippen LogP contribution in [-0.2, 0) is 0 Å². The Morgan fingerprint density at radius 3 is 2.44 bits per heavy atom. The predicted molar refractivity (Wildman–Crippen MR) is 69.3 cm³/mol. The predicted octanol–water partition coefficient (Wildman–Crippen LogP) is 3.14. The molecule has 0 saturated heterocycles. The minimum absolute atomic E-state index is 0.180. The standard InChI is InChI=1S/C14H28O2/c1-5-6-11(2)8-14(16)9-12(3)7-13(4)10-15/h7,11,13-16H,5-6,8-10H2,1-4H3/b12-7+/t11-,13+,14-/m0/s1. The van der Waals surface area contributed by atoms with E-state index in [4.69, 9.17) is 5.11 Å². The summed E-state index contributed by atoms with van der Waals surface area (Å²) in [5, 5.41) is 18.8. The van der Waals surface area contributed by atoms with Gasteiger partial charge in [-0.2, -0.15) is 0 Å². The summed E-state index contributed by atoms with van der Waals surface area (Å²) in [7, 11) is 0. The summed E-state index contributed by atoms with van der Waals surface area (Å²) in [5.74, 6) is 0.795. The van der Waals surface area contributed by atoms with Gasteiger partial charge in [-0.15, -0.1) is 0 Å². The largest absolute Gasteiger partial charge is 0.396 e. The molecular formula is C14H28O2. The van der Waals surface area contributed by atoms with E-state index in [0.29, 0.717) is 5.92 Å². The molecule has 2 N–H and O–H groups in total. The van der Waals surface area contributed by atoms with E-state index in [9.17, 15) is 5.11 Å². The fraction of sp³-hybridized carbons (Fsp3) is 0.857. The van der Waals surface area contributed by atoms with Crippen LogP contribution in [-0.4, -0.2) is 22.9 Å². The molecule has 0 rings (SSSR count). The highest BCUT2D eigenvalue weighted by Gasteiger charge is 2.10. The average molecular weight is 228 g/mol. The molecule has 0 aromatic carbocycles. The molecule has 0 aliphatic heterocycles. The Hall–Kier alpha value is -0.340. The molecule has 0 unspecified atom stereocenters. The molecular weight excluding hydrogens is 200 g/mol. The third-order valence-corrected chi connectivity index (χ3v) is 2.87. The van der Waals surface area contributed by atoms with E-state index in [-0.39, 0.29) is 18.6 Å². The SMILES string of the molecule is CCC[C@H](C)C[C@H](O)C/C(C)=C/[C@@H](C)CO. The lowest BCUT2D eigenvalue weighted by molar-refractivity contribution is 0.143. The number of hydrogen-bond acceptors (Lipinski definition) is 2. The zero-order valence-corrected chi connectivity index (χ0v) is 11.2. The van der Waals surface area contributed by atoms with Gasteiger partial charge in [-0.3, -0.25) is 0 Å². The molecule has 2 heteroatoms. The van der Waals surface area contributed by atoms with Gasteiger partial charge in [0, 0.05) is 6.61 Å². The van der Waals surface area contributed by atoms with Gasteiger partial charge in [0.25, 0.3) is 0 Å². The first kappa shape index (κ1) is 15.7. The van der Waals surface area contributed by atoms with E-state index in [1.807, 2.05) is 19.9 Å². The molecule has 0 aliphatic carbocycles. The van der Waals surface area contributed by atoms with Gasteiger partial charge >= 0.3 is 0 Å². The van der Waals surface area contributed by atoms with Crippen molar-refractivity contribution in [1.82, 2.24) is 0 Å². The Kier molecular flexibility index (Phi) is 8.58. The number of rotatable bonds is 8. The van der Waals surface area contributed by atoms with Gasteiger partial charge in [-0.25, -0.2) is 0 Å². The van der Waals surface area contributed by atoms with E-state index in [2.05, 4.69) is 13.8 Å². The fourth-order valence-corrected chi connectivity index (χ4v) is 2.14. The first-order valence-corrected chi connectivity index (χ1v) is 6.45. The van der Waals surface area contributed by atoms with Crippen molar-refractivity contribution in [2.45, 2.75) is 59.5 Å². The monoisotopic (exact) mass is 228 g/mol. The summed E-state index contributed by atoms with van der Waals surface area (Å²) in [6.45, 7) is 8.56. The van der Waals surface area contributed by atoms with Gasteiger partial charge in [0.05, 0.1) is 6.10 Å². The molecule has 0 heterocycles. The van der Waals surface area contributed by atoms with Gasteiger partial charge in [0.15, 0.2) is 0 Å². The fourth-order valence-electron chi connectivity index (χ4n) is 2.14. The topological polar surface area (TPSA) is 40.5 Å². The van der Waals surface area contributed by atoms with Crippen LogP contribution in [0.1, 0.15) is 53.4 Å². The van der Waals surface area contributed by atoms with Crippen LogP contribution in [0.5, 0.6) is 0 Å². The maximum atomic E-state index is 9.90. The van der Waals surface area contributed by atoms with Crippen LogP contribution in [0.2, 0.25) is 0 Å². The summed E-state index contributed by atoms with van der Waals surface area (Å²) >= 11 is 0. The third-order valence-electron chi connectivity index (χ3n) is 2.87. The summed E-state index contributed by atoms with van der Waals surface area (Å²) in [6.07, 6.45) is 5.80. The van der Waals surface area contributed by atoms with Crippen molar-refractivity contribution in [1.29, 1.82) is 0 Å². The Morgan fingerprint density at radius 2 is 1.94 bits per heavy atom. The molecule has 96 valence electrons. The van der Waals surface area contributed by atoms with E-state index < -0.39 is 0 Å². The molecule has 0 spiro atoms. The molecule has 0 aromatic rings. The highest BCUT2D eigenvalue weighted by Crippen LogP contribution is 2.17. The lowest BCUT2D eigenvalue weighted by Gasteiger charge is -2.16. The molecule has 0 radical (unpaired) electrons. The van der Waals surface area contributed by atoms with Crippen molar-refractivity contribution in [3.8, 4) is 0 Å². The van der Waals surface area contributed by atoms with Crippen LogP contribution in [0.15, 0.2) is 11.6 Å². The van der Waals surface area contributed by atoms with Gasteiger partial charge in [0.2, 0.25) is 0 Å². The van der Waals surface area contributed by atoms with Crippen molar-refractivity contribution >= 4 is 0 Å². The Bertz CT molecular complexity index is 199. The molecule has 0 bridgehead atoms. The van der Waals surface area contributed by atoms with Crippen LogP contribution < -0.4 is 0 Å². The molecule has 2 nitrogen and oxygen atoms in total. The number of aliphatic hydroxyl groups is 2. The Morgan fingerprint density at radius 1 is 1.31 bits per heavy atom. The molecule has 0 aromatic heterocycles. The van der Waals surface area contributed by atoms with Crippen LogP contribution >= 0.6 is 0 Å². The average Bonchev–Trinajstić information content (AvgIpc) is 2.16. The quantitative estimate of drug-likeness (QED) is 0.627. The van der Waals surface area contributed by atoms with Crippen molar-refractivity contribution in [3.63, 3.8) is 0 Å². The molecule has 0 aliphatic rings. The second kappa shape index (κ2) is 8.77. The van der Waals surface area contributed by atoms with Gasteiger partial charge in [-0.05, 0) is 31.6 Å². The first-order valence-electron chi connectivity index (χ1n) is 6.45. The van der Waals surface area contributed by atoms with Crippen molar-refractivity contribution in [2.24, 2.45) is 11.8 Å². The van der Waals surface area contributed by atoms with Crippen LogP contribution in [0, 0.1) is 11.8 Å². The van der Waals surface area contributed by atoms with Gasteiger partial charge in [0.1, 0.15) is 0 Å². The highest BCUT2D eigenvalue weighted by atomic mass is 16.3. The molecule has 0 fully saturated rings. The molecule has 0 amide bonds. The van der Waals surface area contributed by atoms with Crippen molar-refractivity contribution in [3.05, 3.63) is 11.6 Å². The zero-order valence-electron chi connectivity index (χ0n) is 11.2.